The van der Waals surface area contributed by atoms with Gasteiger partial charge in [-0.3, -0.25) is 0 Å². The summed E-state index contributed by atoms with van der Waals surface area (Å²) in [4.78, 5) is 11.2. The number of hydrogen-bond acceptors (Lipinski definition) is 1. The van der Waals surface area contributed by atoms with Crippen LogP contribution in [0, 0.1) is 0 Å². The molecule has 2 nitrogen and oxygen atoms in total. The minimum Gasteiger partial charge on any atom is -0.478 e. The van der Waals surface area contributed by atoms with Crippen molar-refractivity contribution in [3.05, 3.63) is 41.5 Å². The number of carboxylic acid groups (broad SMARTS) is 1. The summed E-state index contributed by atoms with van der Waals surface area (Å²) in [5.41, 5.74) is 1.19. The monoisotopic (exact) mass is 386 g/mol. The lowest BCUT2D eigenvalue weighted by atomic mass is 10.0. The molecule has 1 N–H and O–H groups in total. The van der Waals surface area contributed by atoms with E-state index < -0.39 is 5.97 Å². The third kappa shape index (κ3) is 12.8. The van der Waals surface area contributed by atoms with Gasteiger partial charge in [-0.05, 0) is 24.5 Å². The number of carbonyl (C=O) groups is 1. The molecule has 0 fully saturated rings. The zero-order chi connectivity index (χ0) is 20.3. The molecule has 0 saturated heterocycles. The van der Waals surface area contributed by atoms with Gasteiger partial charge >= 0.3 is 5.97 Å². The quantitative estimate of drug-likeness (QED) is 0.256. The Morgan fingerprint density at radius 3 is 1.71 bits per heavy atom. The Labute approximate surface area is 173 Å². The van der Waals surface area contributed by atoms with E-state index in [4.69, 9.17) is 0 Å². The molecule has 1 aromatic carbocycles. The van der Waals surface area contributed by atoms with Gasteiger partial charge in [0.2, 0.25) is 0 Å². The Kier molecular flexibility index (Phi) is 15.3. The number of benzene rings is 1. The smallest absolute Gasteiger partial charge is 0.336 e. The second kappa shape index (κ2) is 17.5. The first-order valence-corrected chi connectivity index (χ1v) is 11.7. The van der Waals surface area contributed by atoms with Crippen LogP contribution in [0.5, 0.6) is 0 Å². The van der Waals surface area contributed by atoms with Gasteiger partial charge in [-0.25, -0.2) is 4.79 Å². The maximum absolute atomic E-state index is 11.2. The Morgan fingerprint density at radius 2 is 1.21 bits per heavy atom. The standard InChI is InChI=1S/C26H42O2/c1-2-3-4-5-6-7-8-9-10-11-12-13-14-15-16-17-18-21-24-22-19-20-23-25(24)26(27)28/h18-23H,2-17H2,1H3,(H,27,28). The van der Waals surface area contributed by atoms with Gasteiger partial charge < -0.3 is 5.11 Å². The first kappa shape index (κ1) is 24.5. The number of aromatic carboxylic acids is 1. The van der Waals surface area contributed by atoms with E-state index in [-0.39, 0.29) is 0 Å². The summed E-state index contributed by atoms with van der Waals surface area (Å²) in [6.45, 7) is 2.28. The van der Waals surface area contributed by atoms with E-state index >= 15 is 0 Å². The number of rotatable bonds is 18. The summed E-state index contributed by atoms with van der Waals surface area (Å²) < 4.78 is 0. The molecule has 28 heavy (non-hydrogen) atoms. The molecule has 2 heteroatoms. The minimum absolute atomic E-state index is 0.384. The van der Waals surface area contributed by atoms with Gasteiger partial charge in [0.1, 0.15) is 0 Å². The van der Waals surface area contributed by atoms with Crippen LogP contribution in [0.25, 0.3) is 6.08 Å². The van der Waals surface area contributed by atoms with Gasteiger partial charge in [-0.15, -0.1) is 0 Å². The van der Waals surface area contributed by atoms with Crippen molar-refractivity contribution >= 4 is 12.0 Å². The van der Waals surface area contributed by atoms with Crippen LogP contribution in [0.2, 0.25) is 0 Å². The molecular formula is C26H42O2. The highest BCUT2D eigenvalue weighted by atomic mass is 16.4. The van der Waals surface area contributed by atoms with E-state index in [1.54, 1.807) is 12.1 Å². The molecule has 0 radical (unpaired) electrons. The average molecular weight is 387 g/mol. The fourth-order valence-electron chi connectivity index (χ4n) is 3.68. The summed E-state index contributed by atoms with van der Waals surface area (Å²) in [5.74, 6) is -0.854. The molecule has 0 unspecified atom stereocenters. The molecule has 0 heterocycles. The lowest BCUT2D eigenvalue weighted by molar-refractivity contribution is 0.0696. The van der Waals surface area contributed by atoms with E-state index in [1.807, 2.05) is 18.2 Å². The van der Waals surface area contributed by atoms with Crippen molar-refractivity contribution in [2.75, 3.05) is 0 Å². The predicted octanol–water partition coefficient (Wildman–Crippen LogP) is 8.66. The van der Waals surface area contributed by atoms with Crippen LogP contribution < -0.4 is 0 Å². The second-order valence-electron chi connectivity index (χ2n) is 8.03. The van der Waals surface area contributed by atoms with Gasteiger partial charge in [0.25, 0.3) is 0 Å². The van der Waals surface area contributed by atoms with Gasteiger partial charge in [0, 0.05) is 0 Å². The van der Waals surface area contributed by atoms with Crippen LogP contribution >= 0.6 is 0 Å². The second-order valence-corrected chi connectivity index (χ2v) is 8.03. The maximum Gasteiger partial charge on any atom is 0.336 e. The summed E-state index contributed by atoms with van der Waals surface area (Å²) in [6.07, 6.45) is 25.9. The van der Waals surface area contributed by atoms with Gasteiger partial charge in [-0.1, -0.05) is 127 Å². The number of allylic oxidation sites excluding steroid dienone is 1. The van der Waals surface area contributed by atoms with Crippen LogP contribution in [-0.4, -0.2) is 11.1 Å². The normalized spacial score (nSPS) is 11.3. The average Bonchev–Trinajstić information content (AvgIpc) is 2.70. The third-order valence-electron chi connectivity index (χ3n) is 5.46. The Morgan fingerprint density at radius 1 is 0.750 bits per heavy atom. The van der Waals surface area contributed by atoms with Crippen molar-refractivity contribution in [1.29, 1.82) is 0 Å². The molecule has 0 atom stereocenters. The van der Waals surface area contributed by atoms with Crippen molar-refractivity contribution < 1.29 is 9.90 Å². The molecule has 0 aliphatic heterocycles. The van der Waals surface area contributed by atoms with Crippen molar-refractivity contribution in [2.45, 2.75) is 110 Å². The Bertz CT molecular complexity index is 533. The van der Waals surface area contributed by atoms with Crippen molar-refractivity contribution in [3.63, 3.8) is 0 Å². The fourth-order valence-corrected chi connectivity index (χ4v) is 3.68. The fraction of sp³-hybridized carbons (Fsp3) is 0.654. The first-order chi connectivity index (χ1) is 13.8. The molecule has 0 spiro atoms. The highest BCUT2D eigenvalue weighted by Crippen LogP contribution is 2.15. The minimum atomic E-state index is -0.854. The predicted molar refractivity (Wildman–Crippen MR) is 122 cm³/mol. The van der Waals surface area contributed by atoms with Gasteiger partial charge in [-0.2, -0.15) is 0 Å². The molecule has 1 rings (SSSR count). The van der Waals surface area contributed by atoms with Crippen LogP contribution in [0.3, 0.4) is 0 Å². The van der Waals surface area contributed by atoms with Crippen LogP contribution in [0.1, 0.15) is 126 Å². The highest BCUT2D eigenvalue weighted by molar-refractivity contribution is 5.92. The van der Waals surface area contributed by atoms with Crippen molar-refractivity contribution in [1.82, 2.24) is 0 Å². The topological polar surface area (TPSA) is 37.3 Å². The van der Waals surface area contributed by atoms with Gasteiger partial charge in [0.05, 0.1) is 5.56 Å². The molecular weight excluding hydrogens is 344 g/mol. The zero-order valence-corrected chi connectivity index (χ0v) is 18.1. The molecule has 0 aliphatic rings. The third-order valence-corrected chi connectivity index (χ3v) is 5.46. The SMILES string of the molecule is CCCCCCCCCCCCCCCCCC=Cc1ccccc1C(=O)O. The first-order valence-electron chi connectivity index (χ1n) is 11.7. The lowest BCUT2D eigenvalue weighted by Crippen LogP contribution is -1.98. The number of hydrogen-bond donors (Lipinski definition) is 1. The van der Waals surface area contributed by atoms with E-state index in [1.165, 1.54) is 96.3 Å². The van der Waals surface area contributed by atoms with Gasteiger partial charge in [0.15, 0.2) is 0 Å². The molecule has 0 aromatic heterocycles. The molecule has 0 amide bonds. The summed E-state index contributed by atoms with van der Waals surface area (Å²) in [6, 6.07) is 7.19. The van der Waals surface area contributed by atoms with Crippen LogP contribution in [-0.2, 0) is 0 Å². The van der Waals surface area contributed by atoms with Crippen molar-refractivity contribution in [2.24, 2.45) is 0 Å². The van der Waals surface area contributed by atoms with E-state index in [0.29, 0.717) is 5.56 Å². The largest absolute Gasteiger partial charge is 0.478 e. The van der Waals surface area contributed by atoms with E-state index in [2.05, 4.69) is 13.0 Å². The molecule has 0 bridgehead atoms. The van der Waals surface area contributed by atoms with Crippen LogP contribution in [0.15, 0.2) is 30.3 Å². The Balaban J connectivity index is 1.89. The molecule has 1 aromatic rings. The lowest BCUT2D eigenvalue weighted by Gasteiger charge is -2.03. The zero-order valence-electron chi connectivity index (χ0n) is 18.1. The Hall–Kier alpha value is -1.57. The number of unbranched alkanes of at least 4 members (excludes halogenated alkanes) is 15. The van der Waals surface area contributed by atoms with E-state index in [0.717, 1.165) is 12.0 Å². The van der Waals surface area contributed by atoms with Crippen LogP contribution in [0.4, 0.5) is 0 Å². The molecule has 158 valence electrons. The van der Waals surface area contributed by atoms with E-state index in [9.17, 15) is 9.90 Å². The summed E-state index contributed by atoms with van der Waals surface area (Å²) >= 11 is 0. The van der Waals surface area contributed by atoms with Crippen molar-refractivity contribution in [3.8, 4) is 0 Å². The molecule has 0 aliphatic carbocycles. The number of carboxylic acids is 1. The summed E-state index contributed by atoms with van der Waals surface area (Å²) in [5, 5.41) is 9.18. The summed E-state index contributed by atoms with van der Waals surface area (Å²) in [7, 11) is 0. The highest BCUT2D eigenvalue weighted by Gasteiger charge is 2.05. The maximum atomic E-state index is 11.2. The molecule has 0 saturated carbocycles.